The van der Waals surface area contributed by atoms with Crippen molar-refractivity contribution in [3.63, 3.8) is 0 Å². The van der Waals surface area contributed by atoms with Gasteiger partial charge in [-0.25, -0.2) is 10.0 Å². The van der Waals surface area contributed by atoms with Gasteiger partial charge in [0.25, 0.3) is 0 Å². The van der Waals surface area contributed by atoms with Crippen molar-refractivity contribution in [2.75, 3.05) is 6.61 Å². The molecular weight excluding hydrogens is 285 g/mol. The first-order chi connectivity index (χ1) is 8.75. The minimum absolute atomic E-state index is 0.300. The van der Waals surface area contributed by atoms with Crippen LogP contribution in [0.3, 0.4) is 0 Å². The van der Waals surface area contributed by atoms with Crippen LogP contribution in [0.1, 0.15) is 13.3 Å². The summed E-state index contributed by atoms with van der Waals surface area (Å²) in [5.74, 6) is -0.717. The van der Waals surface area contributed by atoms with Gasteiger partial charge in [-0.2, -0.15) is 4.62 Å². The first kappa shape index (κ1) is 16.5. The average Bonchev–Trinajstić information content (AvgIpc) is 2.31. The van der Waals surface area contributed by atoms with Gasteiger partial charge in [0, 0.05) is 13.3 Å². The maximum Gasteiger partial charge on any atom is 0.496 e. The van der Waals surface area contributed by atoms with Crippen LogP contribution in [0.5, 0.6) is 0 Å². The molecule has 1 saturated heterocycles. The number of carbonyl (C=O) groups is 1. The number of hydrogen-bond acceptors (Lipinski definition) is 8. The minimum atomic E-state index is -4.63. The van der Waals surface area contributed by atoms with Crippen LogP contribution in [0.2, 0.25) is 0 Å². The van der Waals surface area contributed by atoms with Gasteiger partial charge >= 0.3 is 7.82 Å². The van der Waals surface area contributed by atoms with Crippen molar-refractivity contribution < 1.29 is 43.5 Å². The van der Waals surface area contributed by atoms with Crippen molar-refractivity contribution in [3.05, 3.63) is 0 Å². The summed E-state index contributed by atoms with van der Waals surface area (Å²) in [6, 6.07) is 0. The van der Waals surface area contributed by atoms with E-state index >= 15 is 0 Å². The van der Waals surface area contributed by atoms with E-state index in [4.69, 9.17) is 9.84 Å². The molecule has 11 heteroatoms. The molecule has 0 saturated carbocycles. The molecule has 0 aromatic rings. The molecule has 0 spiro atoms. The summed E-state index contributed by atoms with van der Waals surface area (Å²) in [6.07, 6.45) is -5.46. The third-order valence-corrected chi connectivity index (χ3v) is 3.09. The summed E-state index contributed by atoms with van der Waals surface area (Å²) >= 11 is 0. The van der Waals surface area contributed by atoms with Gasteiger partial charge in [-0.3, -0.25) is 9.32 Å². The Morgan fingerprint density at radius 2 is 2.16 bits per heavy atom. The maximum atomic E-state index is 11.4. The number of aliphatic hydroxyl groups is 3. The van der Waals surface area contributed by atoms with Crippen LogP contribution in [0.25, 0.3) is 0 Å². The predicted molar refractivity (Wildman–Crippen MR) is 58.2 cm³/mol. The van der Waals surface area contributed by atoms with Gasteiger partial charge in [-0.05, 0) is 0 Å². The van der Waals surface area contributed by atoms with Gasteiger partial charge in [-0.1, -0.05) is 0 Å². The van der Waals surface area contributed by atoms with Crippen LogP contribution in [-0.4, -0.2) is 57.3 Å². The second-order valence-electron chi connectivity index (χ2n) is 3.90. The number of amides is 1. The Bertz CT molecular complexity index is 364. The molecule has 5 atom stereocenters. The molecule has 0 aromatic carbocycles. The van der Waals surface area contributed by atoms with Crippen LogP contribution in [0.4, 0.5) is 0 Å². The van der Waals surface area contributed by atoms with E-state index in [0.717, 1.165) is 6.92 Å². The molecular formula is C8H16NO9P. The van der Waals surface area contributed by atoms with Gasteiger partial charge in [0.1, 0.15) is 12.2 Å². The topological polar surface area (TPSA) is 155 Å². The largest absolute Gasteiger partial charge is 0.496 e. The highest BCUT2D eigenvalue weighted by Crippen LogP contribution is 2.45. The fourth-order valence-electron chi connectivity index (χ4n) is 1.43. The van der Waals surface area contributed by atoms with E-state index in [0.29, 0.717) is 0 Å². The lowest BCUT2D eigenvalue weighted by molar-refractivity contribution is -0.235. The smallest absolute Gasteiger partial charge is 0.394 e. The molecule has 1 aliphatic rings. The number of phosphoric acid groups is 1. The lowest BCUT2D eigenvalue weighted by Gasteiger charge is -2.36. The molecule has 1 fully saturated rings. The zero-order valence-corrected chi connectivity index (χ0v) is 10.9. The quantitative estimate of drug-likeness (QED) is 0.286. The van der Waals surface area contributed by atoms with E-state index in [2.05, 4.69) is 9.15 Å². The van der Waals surface area contributed by atoms with Crippen molar-refractivity contribution in [2.24, 2.45) is 0 Å². The lowest BCUT2D eigenvalue weighted by atomic mass is 10.0. The standard InChI is InChI=1S/C8H16NO9P/c1-4(11)9-18-19(14,15)17-7-2-5(12)8(13)6(3-10)16-7/h5-8,10,12-13H,2-3H2,1H3,(H,9,11)(H,14,15)/t5-,6-,7?,8+/m1/s1. The highest BCUT2D eigenvalue weighted by Gasteiger charge is 2.40. The van der Waals surface area contributed by atoms with Crippen LogP contribution in [0.15, 0.2) is 0 Å². The molecule has 1 heterocycles. The number of ether oxygens (including phenoxy) is 1. The van der Waals surface area contributed by atoms with E-state index in [9.17, 15) is 24.5 Å². The van der Waals surface area contributed by atoms with Crippen molar-refractivity contribution in [2.45, 2.75) is 37.9 Å². The monoisotopic (exact) mass is 301 g/mol. The molecule has 112 valence electrons. The van der Waals surface area contributed by atoms with Gasteiger partial charge in [-0.15, -0.1) is 0 Å². The highest BCUT2D eigenvalue weighted by atomic mass is 31.2. The Labute approximate surface area is 108 Å². The van der Waals surface area contributed by atoms with E-state index in [1.165, 1.54) is 0 Å². The fourth-order valence-corrected chi connectivity index (χ4v) is 2.15. The van der Waals surface area contributed by atoms with Gasteiger partial charge in [0.05, 0.1) is 12.7 Å². The molecule has 1 rings (SSSR count). The number of hydroxylamine groups is 1. The number of nitrogens with one attached hydrogen (secondary N) is 1. The minimum Gasteiger partial charge on any atom is -0.394 e. The number of aliphatic hydroxyl groups excluding tert-OH is 3. The Balaban J connectivity index is 2.56. The van der Waals surface area contributed by atoms with Gasteiger partial charge < -0.3 is 24.9 Å². The summed E-state index contributed by atoms with van der Waals surface area (Å²) in [5, 5.41) is 27.8. The molecule has 5 N–H and O–H groups in total. The first-order valence-electron chi connectivity index (χ1n) is 5.34. The Hall–Kier alpha value is -0.580. The number of carbonyl (C=O) groups excluding carboxylic acids is 1. The Morgan fingerprint density at radius 1 is 1.53 bits per heavy atom. The van der Waals surface area contributed by atoms with E-state index in [-0.39, 0.29) is 6.42 Å². The van der Waals surface area contributed by atoms with Gasteiger partial charge in [0.2, 0.25) is 5.91 Å². The number of phosphoric ester groups is 1. The summed E-state index contributed by atoms with van der Waals surface area (Å²) < 4.78 is 25.0. The van der Waals surface area contributed by atoms with Crippen molar-refractivity contribution in [1.29, 1.82) is 0 Å². The molecule has 0 aromatic heterocycles. The second-order valence-corrected chi connectivity index (χ2v) is 5.23. The second kappa shape index (κ2) is 6.73. The molecule has 0 aliphatic carbocycles. The summed E-state index contributed by atoms with van der Waals surface area (Å²) in [5.41, 5.74) is 1.63. The normalized spacial score (nSPS) is 34.6. The van der Waals surface area contributed by atoms with Gasteiger partial charge in [0.15, 0.2) is 6.29 Å². The average molecular weight is 301 g/mol. The Morgan fingerprint density at radius 3 is 2.68 bits per heavy atom. The maximum absolute atomic E-state index is 11.4. The molecule has 0 bridgehead atoms. The Kier molecular flexibility index (Phi) is 5.83. The number of hydrogen-bond donors (Lipinski definition) is 5. The van der Waals surface area contributed by atoms with Crippen LogP contribution in [-0.2, 0) is 23.2 Å². The van der Waals surface area contributed by atoms with Crippen LogP contribution >= 0.6 is 7.82 Å². The predicted octanol–water partition coefficient (Wildman–Crippen LogP) is -2.00. The summed E-state index contributed by atoms with van der Waals surface area (Å²) in [6.45, 7) is 0.444. The van der Waals surface area contributed by atoms with E-state index in [1.54, 1.807) is 5.48 Å². The third kappa shape index (κ3) is 5.13. The highest BCUT2D eigenvalue weighted by molar-refractivity contribution is 7.47. The molecule has 0 radical (unpaired) electrons. The molecule has 10 nitrogen and oxygen atoms in total. The lowest BCUT2D eigenvalue weighted by Crippen LogP contribution is -2.50. The summed E-state index contributed by atoms with van der Waals surface area (Å²) in [4.78, 5) is 19.8. The van der Waals surface area contributed by atoms with Crippen molar-refractivity contribution >= 4 is 13.7 Å². The van der Waals surface area contributed by atoms with Crippen LogP contribution < -0.4 is 5.48 Å². The molecule has 19 heavy (non-hydrogen) atoms. The SMILES string of the molecule is CC(=O)NOP(=O)(O)OC1C[C@@H](O)[C@H](O)[C@@H](CO)O1. The first-order valence-corrected chi connectivity index (χ1v) is 6.83. The molecule has 2 unspecified atom stereocenters. The van der Waals surface area contributed by atoms with Crippen molar-refractivity contribution in [3.8, 4) is 0 Å². The zero-order valence-electron chi connectivity index (χ0n) is 10.0. The third-order valence-electron chi connectivity index (χ3n) is 2.27. The molecule has 1 amide bonds. The molecule has 1 aliphatic heterocycles. The van der Waals surface area contributed by atoms with E-state index in [1.807, 2.05) is 0 Å². The van der Waals surface area contributed by atoms with E-state index < -0.39 is 44.9 Å². The zero-order chi connectivity index (χ0) is 14.6. The van der Waals surface area contributed by atoms with Crippen LogP contribution in [0, 0.1) is 0 Å². The fraction of sp³-hybridized carbons (Fsp3) is 0.875. The number of rotatable bonds is 5. The summed E-state index contributed by atoms with van der Waals surface area (Å²) in [7, 11) is -4.63. The van der Waals surface area contributed by atoms with Crippen molar-refractivity contribution in [1.82, 2.24) is 5.48 Å².